The predicted octanol–water partition coefficient (Wildman–Crippen LogP) is 1.95. The zero-order chi connectivity index (χ0) is 9.68. The second kappa shape index (κ2) is 5.07. The Kier molecular flexibility index (Phi) is 4.02. The van der Waals surface area contributed by atoms with Gasteiger partial charge in [0.2, 0.25) is 0 Å². The molecule has 0 spiro atoms. The summed E-state index contributed by atoms with van der Waals surface area (Å²) in [4.78, 5) is 8.38. The maximum Gasteiger partial charge on any atom is 0.145 e. The number of rotatable bonds is 4. The number of nitrogens with one attached hydrogen (secondary N) is 1. The van der Waals surface area contributed by atoms with E-state index in [4.69, 9.17) is 0 Å². The first-order valence-corrected chi connectivity index (χ1v) is 5.66. The molecular weight excluding hydrogens is 182 g/mol. The molecule has 13 heavy (non-hydrogen) atoms. The van der Waals surface area contributed by atoms with Gasteiger partial charge >= 0.3 is 0 Å². The van der Waals surface area contributed by atoms with Crippen molar-refractivity contribution in [2.45, 2.75) is 19.9 Å². The van der Waals surface area contributed by atoms with Crippen LogP contribution in [0.3, 0.4) is 0 Å². The third kappa shape index (κ3) is 3.63. The molecule has 0 bridgehead atoms. The highest BCUT2D eigenvalue weighted by Crippen LogP contribution is 2.05. The van der Waals surface area contributed by atoms with E-state index in [1.807, 2.05) is 18.7 Å². The molecule has 0 radical (unpaired) electrons. The Morgan fingerprint density at radius 2 is 2.31 bits per heavy atom. The topological polar surface area (TPSA) is 37.8 Å². The number of aromatic nitrogens is 2. The van der Waals surface area contributed by atoms with Gasteiger partial charge in [0.15, 0.2) is 0 Å². The minimum absolute atomic E-state index is 0.436. The van der Waals surface area contributed by atoms with E-state index in [-0.39, 0.29) is 0 Å². The molecule has 1 aromatic heterocycles. The maximum absolute atomic E-state index is 4.31. The Labute approximate surface area is 83.4 Å². The molecule has 0 saturated carbocycles. The van der Waals surface area contributed by atoms with Crippen LogP contribution in [0.2, 0.25) is 0 Å². The number of aryl methyl sites for hydroxylation is 1. The van der Waals surface area contributed by atoms with E-state index in [1.165, 1.54) is 0 Å². The predicted molar refractivity (Wildman–Crippen MR) is 58.2 cm³/mol. The summed E-state index contributed by atoms with van der Waals surface area (Å²) >= 11 is 1.82. The third-order valence-corrected chi connectivity index (χ3v) is 2.40. The average Bonchev–Trinajstić information content (AvgIpc) is 2.04. The summed E-state index contributed by atoms with van der Waals surface area (Å²) in [6.45, 7) is 4.08. The standard InChI is InChI=1S/C9H15N3S/c1-7-4-10-5-9(11-7)12-8(2)6-13-3/h4-5,8H,6H2,1-3H3,(H,11,12). The smallest absolute Gasteiger partial charge is 0.145 e. The summed E-state index contributed by atoms with van der Waals surface area (Å²) in [5.41, 5.74) is 0.946. The minimum Gasteiger partial charge on any atom is -0.366 e. The fourth-order valence-corrected chi connectivity index (χ4v) is 1.66. The zero-order valence-corrected chi connectivity index (χ0v) is 9.06. The van der Waals surface area contributed by atoms with E-state index >= 15 is 0 Å². The van der Waals surface area contributed by atoms with Crippen molar-refractivity contribution in [3.05, 3.63) is 18.1 Å². The van der Waals surface area contributed by atoms with Crippen LogP contribution in [0.1, 0.15) is 12.6 Å². The van der Waals surface area contributed by atoms with Gasteiger partial charge in [0.1, 0.15) is 5.82 Å². The van der Waals surface area contributed by atoms with Crippen LogP contribution in [-0.2, 0) is 0 Å². The molecule has 3 nitrogen and oxygen atoms in total. The van der Waals surface area contributed by atoms with Crippen molar-refractivity contribution in [2.75, 3.05) is 17.3 Å². The van der Waals surface area contributed by atoms with Gasteiger partial charge in [0, 0.05) is 18.0 Å². The Balaban J connectivity index is 2.53. The van der Waals surface area contributed by atoms with Gasteiger partial charge in [-0.15, -0.1) is 0 Å². The van der Waals surface area contributed by atoms with E-state index in [9.17, 15) is 0 Å². The van der Waals surface area contributed by atoms with Crippen LogP contribution >= 0.6 is 11.8 Å². The van der Waals surface area contributed by atoms with Crippen LogP contribution in [-0.4, -0.2) is 28.0 Å². The van der Waals surface area contributed by atoms with E-state index in [0.717, 1.165) is 17.3 Å². The van der Waals surface area contributed by atoms with E-state index < -0.39 is 0 Å². The molecule has 0 aliphatic heterocycles. The van der Waals surface area contributed by atoms with Crippen molar-refractivity contribution in [1.82, 2.24) is 9.97 Å². The molecule has 0 aliphatic rings. The van der Waals surface area contributed by atoms with Gasteiger partial charge < -0.3 is 5.32 Å². The van der Waals surface area contributed by atoms with Crippen LogP contribution in [0, 0.1) is 6.92 Å². The first-order valence-electron chi connectivity index (χ1n) is 4.26. The number of thioether (sulfide) groups is 1. The lowest BCUT2D eigenvalue weighted by Gasteiger charge is -2.12. The Morgan fingerprint density at radius 3 is 2.92 bits per heavy atom. The summed E-state index contributed by atoms with van der Waals surface area (Å²) in [6, 6.07) is 0.436. The van der Waals surface area contributed by atoms with Crippen molar-refractivity contribution in [3.63, 3.8) is 0 Å². The highest BCUT2D eigenvalue weighted by molar-refractivity contribution is 7.98. The van der Waals surface area contributed by atoms with Gasteiger partial charge in [-0.3, -0.25) is 4.98 Å². The average molecular weight is 197 g/mol. The van der Waals surface area contributed by atoms with E-state index in [1.54, 1.807) is 12.4 Å². The molecule has 4 heteroatoms. The second-order valence-corrected chi connectivity index (χ2v) is 3.96. The monoisotopic (exact) mass is 197 g/mol. The van der Waals surface area contributed by atoms with Gasteiger partial charge in [0.05, 0.1) is 11.9 Å². The lowest BCUT2D eigenvalue weighted by molar-refractivity contribution is 0.895. The van der Waals surface area contributed by atoms with Gasteiger partial charge in [-0.1, -0.05) is 0 Å². The number of nitrogens with zero attached hydrogens (tertiary/aromatic N) is 2. The Morgan fingerprint density at radius 1 is 1.54 bits per heavy atom. The molecule has 0 amide bonds. The van der Waals surface area contributed by atoms with Gasteiger partial charge in [-0.25, -0.2) is 4.98 Å². The maximum atomic E-state index is 4.31. The molecular formula is C9H15N3S. The van der Waals surface area contributed by atoms with Crippen LogP contribution in [0.15, 0.2) is 12.4 Å². The molecule has 1 rings (SSSR count). The van der Waals surface area contributed by atoms with Crippen molar-refractivity contribution in [1.29, 1.82) is 0 Å². The van der Waals surface area contributed by atoms with Crippen LogP contribution in [0.4, 0.5) is 5.82 Å². The highest BCUT2D eigenvalue weighted by atomic mass is 32.2. The van der Waals surface area contributed by atoms with Gasteiger partial charge in [-0.05, 0) is 20.1 Å². The molecule has 0 saturated heterocycles. The molecule has 0 aliphatic carbocycles. The summed E-state index contributed by atoms with van der Waals surface area (Å²) < 4.78 is 0. The van der Waals surface area contributed by atoms with Crippen LogP contribution < -0.4 is 5.32 Å². The minimum atomic E-state index is 0.436. The van der Waals surface area contributed by atoms with Crippen LogP contribution in [0.25, 0.3) is 0 Å². The van der Waals surface area contributed by atoms with E-state index in [2.05, 4.69) is 28.5 Å². The fourth-order valence-electron chi connectivity index (χ4n) is 1.08. The Hall–Kier alpha value is -0.770. The lowest BCUT2D eigenvalue weighted by atomic mass is 10.4. The first-order chi connectivity index (χ1) is 6.22. The molecule has 1 atom stereocenters. The normalized spacial score (nSPS) is 12.5. The van der Waals surface area contributed by atoms with Crippen LogP contribution in [0.5, 0.6) is 0 Å². The lowest BCUT2D eigenvalue weighted by Crippen LogP contribution is -2.18. The van der Waals surface area contributed by atoms with Crippen molar-refractivity contribution in [3.8, 4) is 0 Å². The summed E-state index contributed by atoms with van der Waals surface area (Å²) in [6.07, 6.45) is 5.61. The first kappa shape index (κ1) is 10.3. The number of hydrogen-bond acceptors (Lipinski definition) is 4. The molecule has 1 aromatic rings. The molecule has 1 N–H and O–H groups in total. The van der Waals surface area contributed by atoms with Crippen molar-refractivity contribution < 1.29 is 0 Å². The molecule has 1 unspecified atom stereocenters. The molecule has 72 valence electrons. The number of anilines is 1. The van der Waals surface area contributed by atoms with Crippen molar-refractivity contribution in [2.24, 2.45) is 0 Å². The largest absolute Gasteiger partial charge is 0.366 e. The van der Waals surface area contributed by atoms with Gasteiger partial charge in [-0.2, -0.15) is 11.8 Å². The summed E-state index contributed by atoms with van der Waals surface area (Å²) in [5, 5.41) is 3.29. The fraction of sp³-hybridized carbons (Fsp3) is 0.556. The highest BCUT2D eigenvalue weighted by Gasteiger charge is 2.01. The Bertz CT molecular complexity index is 265. The molecule has 0 fully saturated rings. The molecule has 1 heterocycles. The van der Waals surface area contributed by atoms with Gasteiger partial charge in [0.25, 0.3) is 0 Å². The second-order valence-electron chi connectivity index (χ2n) is 3.05. The zero-order valence-electron chi connectivity index (χ0n) is 8.24. The third-order valence-electron chi connectivity index (χ3n) is 1.57. The summed E-state index contributed by atoms with van der Waals surface area (Å²) in [5.74, 6) is 1.94. The van der Waals surface area contributed by atoms with E-state index in [0.29, 0.717) is 6.04 Å². The molecule has 0 aromatic carbocycles. The number of hydrogen-bond donors (Lipinski definition) is 1. The quantitative estimate of drug-likeness (QED) is 0.800. The SMILES string of the molecule is CSCC(C)Nc1cncc(C)n1. The van der Waals surface area contributed by atoms with Crippen molar-refractivity contribution >= 4 is 17.6 Å². The summed E-state index contributed by atoms with van der Waals surface area (Å²) in [7, 11) is 0.